The predicted molar refractivity (Wildman–Crippen MR) is 117 cm³/mol. The number of nitrogens with one attached hydrogen (secondary N) is 2. The lowest BCUT2D eigenvalue weighted by Crippen LogP contribution is -2.27. The van der Waals surface area contributed by atoms with Gasteiger partial charge in [-0.05, 0) is 47.7 Å². The van der Waals surface area contributed by atoms with Crippen LogP contribution in [0.25, 0.3) is 0 Å². The van der Waals surface area contributed by atoms with Crippen molar-refractivity contribution in [3.05, 3.63) is 101 Å². The highest BCUT2D eigenvalue weighted by Gasteiger charge is 2.14. The van der Waals surface area contributed by atoms with Crippen molar-refractivity contribution in [2.75, 3.05) is 11.9 Å². The summed E-state index contributed by atoms with van der Waals surface area (Å²) in [6.07, 6.45) is 0.753. The molecule has 2 amide bonds. The average Bonchev–Trinajstić information content (AvgIpc) is 2.75. The normalized spacial score (nSPS) is 10.6. The molecule has 0 aliphatic heterocycles. The van der Waals surface area contributed by atoms with Gasteiger partial charge in [0, 0.05) is 12.1 Å². The molecule has 0 unspecified atom stereocenters. The van der Waals surface area contributed by atoms with Gasteiger partial charge in [-0.3, -0.25) is 9.59 Å². The Balaban J connectivity index is 1.64. The number of amides is 2. The summed E-state index contributed by atoms with van der Waals surface area (Å²) in [5.74, 6) is -0.0238. The van der Waals surface area contributed by atoms with Crippen molar-refractivity contribution < 1.29 is 9.59 Å². The number of rotatable bonds is 7. The van der Waals surface area contributed by atoms with E-state index in [-0.39, 0.29) is 11.8 Å². The quantitative estimate of drug-likeness (QED) is 0.598. The molecule has 3 aromatic carbocycles. The molecule has 0 heterocycles. The van der Waals surface area contributed by atoms with Gasteiger partial charge in [0.05, 0.1) is 11.3 Å². The van der Waals surface area contributed by atoms with Gasteiger partial charge in [0.2, 0.25) is 0 Å². The zero-order valence-corrected chi connectivity index (χ0v) is 16.8. The number of anilines is 1. The van der Waals surface area contributed by atoms with Crippen molar-refractivity contribution in [3.63, 3.8) is 0 Å². The van der Waals surface area contributed by atoms with Gasteiger partial charge >= 0.3 is 0 Å². The third kappa shape index (κ3) is 5.55. The summed E-state index contributed by atoms with van der Waals surface area (Å²) in [5, 5.41) is 5.80. The first kappa shape index (κ1) is 20.3. The van der Waals surface area contributed by atoms with E-state index in [0.717, 1.165) is 6.42 Å². The highest BCUT2D eigenvalue weighted by molar-refractivity contribution is 6.09. The molecule has 4 heteroatoms. The van der Waals surface area contributed by atoms with E-state index in [0.29, 0.717) is 29.3 Å². The van der Waals surface area contributed by atoms with E-state index >= 15 is 0 Å². The molecule has 0 radical (unpaired) electrons. The van der Waals surface area contributed by atoms with Crippen molar-refractivity contribution in [1.82, 2.24) is 5.32 Å². The SMILES string of the molecule is CC(C)c1ccc(C(=O)Nc2ccccc2C(=O)NCCc2ccccc2)cc1. The van der Waals surface area contributed by atoms with Crippen LogP contribution >= 0.6 is 0 Å². The lowest BCUT2D eigenvalue weighted by atomic mass is 10.0. The van der Waals surface area contributed by atoms with Gasteiger partial charge in [0.25, 0.3) is 11.8 Å². The Bertz CT molecular complexity index is 964. The van der Waals surface area contributed by atoms with Crippen LogP contribution in [0, 0.1) is 0 Å². The molecule has 2 N–H and O–H groups in total. The lowest BCUT2D eigenvalue weighted by molar-refractivity contribution is 0.0955. The highest BCUT2D eigenvalue weighted by Crippen LogP contribution is 2.18. The van der Waals surface area contributed by atoms with E-state index < -0.39 is 0 Å². The molecule has 0 spiro atoms. The van der Waals surface area contributed by atoms with Crippen molar-refractivity contribution in [2.45, 2.75) is 26.2 Å². The summed E-state index contributed by atoms with van der Waals surface area (Å²) >= 11 is 0. The number of carbonyl (C=O) groups is 2. The fourth-order valence-electron chi connectivity index (χ4n) is 3.06. The van der Waals surface area contributed by atoms with Crippen molar-refractivity contribution in [3.8, 4) is 0 Å². The molecule has 0 bridgehead atoms. The Morgan fingerprint density at radius 2 is 1.45 bits per heavy atom. The second-order valence-electron chi connectivity index (χ2n) is 7.27. The molecule has 4 nitrogen and oxygen atoms in total. The number of hydrogen-bond acceptors (Lipinski definition) is 2. The molecule has 0 fully saturated rings. The monoisotopic (exact) mass is 386 g/mol. The highest BCUT2D eigenvalue weighted by atomic mass is 16.2. The number of para-hydroxylation sites is 1. The minimum atomic E-state index is -0.232. The largest absolute Gasteiger partial charge is 0.352 e. The topological polar surface area (TPSA) is 58.2 Å². The smallest absolute Gasteiger partial charge is 0.255 e. The number of carbonyl (C=O) groups excluding carboxylic acids is 2. The van der Waals surface area contributed by atoms with Crippen molar-refractivity contribution in [1.29, 1.82) is 0 Å². The van der Waals surface area contributed by atoms with Gasteiger partial charge in [-0.2, -0.15) is 0 Å². The summed E-state index contributed by atoms with van der Waals surface area (Å²) in [6.45, 7) is 4.76. The lowest BCUT2D eigenvalue weighted by Gasteiger charge is -2.12. The van der Waals surface area contributed by atoms with Crippen molar-refractivity contribution >= 4 is 17.5 Å². The van der Waals surface area contributed by atoms with E-state index in [1.54, 1.807) is 24.3 Å². The Hall–Kier alpha value is -3.40. The van der Waals surface area contributed by atoms with Crippen LogP contribution in [0.4, 0.5) is 5.69 Å². The summed E-state index contributed by atoms with van der Waals surface area (Å²) in [7, 11) is 0. The third-order valence-electron chi connectivity index (χ3n) is 4.80. The van der Waals surface area contributed by atoms with Crippen LogP contribution in [0.15, 0.2) is 78.9 Å². The molecule has 29 heavy (non-hydrogen) atoms. The molecule has 0 aliphatic rings. The molecule has 3 rings (SSSR count). The predicted octanol–water partition coefficient (Wildman–Crippen LogP) is 5.03. The molecule has 0 aliphatic carbocycles. The van der Waals surface area contributed by atoms with Gasteiger partial charge in [-0.25, -0.2) is 0 Å². The summed E-state index contributed by atoms with van der Waals surface area (Å²) < 4.78 is 0. The van der Waals surface area contributed by atoms with Crippen LogP contribution in [0.2, 0.25) is 0 Å². The second kappa shape index (κ2) is 9.69. The van der Waals surface area contributed by atoms with Crippen LogP contribution in [-0.2, 0) is 6.42 Å². The molecule has 0 saturated carbocycles. The summed E-state index contributed by atoms with van der Waals surface area (Å²) in [5.41, 5.74) is 3.86. The second-order valence-corrected chi connectivity index (χ2v) is 7.27. The third-order valence-corrected chi connectivity index (χ3v) is 4.80. The number of hydrogen-bond donors (Lipinski definition) is 2. The van der Waals surface area contributed by atoms with Gasteiger partial charge in [0.15, 0.2) is 0 Å². The molecular formula is C25H26N2O2. The first-order valence-electron chi connectivity index (χ1n) is 9.87. The molecule has 0 aromatic heterocycles. The summed E-state index contributed by atoms with van der Waals surface area (Å²) in [6, 6.07) is 24.6. The Morgan fingerprint density at radius 3 is 2.14 bits per heavy atom. The maximum atomic E-state index is 12.6. The molecular weight excluding hydrogens is 360 g/mol. The van der Waals surface area contributed by atoms with Crippen molar-refractivity contribution in [2.24, 2.45) is 0 Å². The molecule has 3 aromatic rings. The molecule has 0 saturated heterocycles. The summed E-state index contributed by atoms with van der Waals surface area (Å²) in [4.78, 5) is 25.3. The van der Waals surface area contributed by atoms with Gasteiger partial charge < -0.3 is 10.6 Å². The maximum Gasteiger partial charge on any atom is 0.255 e. The molecule has 148 valence electrons. The average molecular weight is 386 g/mol. The minimum Gasteiger partial charge on any atom is -0.352 e. The van der Waals surface area contributed by atoms with Crippen LogP contribution in [0.3, 0.4) is 0 Å². The van der Waals surface area contributed by atoms with Gasteiger partial charge in [0.1, 0.15) is 0 Å². The van der Waals surface area contributed by atoms with Crippen LogP contribution < -0.4 is 10.6 Å². The van der Waals surface area contributed by atoms with Gasteiger partial charge in [-0.15, -0.1) is 0 Å². The van der Waals surface area contributed by atoms with E-state index in [2.05, 4.69) is 24.5 Å². The van der Waals surface area contributed by atoms with Crippen LogP contribution in [0.5, 0.6) is 0 Å². The van der Waals surface area contributed by atoms with Crippen LogP contribution in [0.1, 0.15) is 51.6 Å². The van der Waals surface area contributed by atoms with E-state index in [4.69, 9.17) is 0 Å². The van der Waals surface area contributed by atoms with Crippen LogP contribution in [-0.4, -0.2) is 18.4 Å². The van der Waals surface area contributed by atoms with E-state index in [9.17, 15) is 9.59 Å². The fraction of sp³-hybridized carbons (Fsp3) is 0.200. The van der Waals surface area contributed by atoms with E-state index in [1.807, 2.05) is 54.6 Å². The van der Waals surface area contributed by atoms with E-state index in [1.165, 1.54) is 11.1 Å². The fourth-order valence-corrected chi connectivity index (χ4v) is 3.06. The first-order valence-corrected chi connectivity index (χ1v) is 9.87. The Kier molecular flexibility index (Phi) is 6.80. The zero-order valence-electron chi connectivity index (χ0n) is 16.8. The Morgan fingerprint density at radius 1 is 0.793 bits per heavy atom. The maximum absolute atomic E-state index is 12.6. The minimum absolute atomic E-state index is 0.202. The standard InChI is InChI=1S/C25H26N2O2/c1-18(2)20-12-14-21(15-13-20)24(28)27-23-11-7-6-10-22(23)25(29)26-17-16-19-8-4-3-5-9-19/h3-15,18H,16-17H2,1-2H3,(H,26,29)(H,27,28). The zero-order chi connectivity index (χ0) is 20.6. The first-order chi connectivity index (χ1) is 14.0. The number of benzene rings is 3. The Labute approximate surface area is 172 Å². The molecule has 0 atom stereocenters. The van der Waals surface area contributed by atoms with Gasteiger partial charge in [-0.1, -0.05) is 68.4 Å².